The molecule has 7 heteroatoms. The molecule has 0 N–H and O–H groups in total. The molecule has 1 fully saturated rings. The van der Waals surface area contributed by atoms with Gasteiger partial charge in [-0.25, -0.2) is 0 Å². The zero-order chi connectivity index (χ0) is 19.6. The number of hydrogen-bond donors (Lipinski definition) is 0. The van der Waals surface area contributed by atoms with Crippen molar-refractivity contribution in [3.8, 4) is 11.5 Å². The first-order valence-electron chi connectivity index (χ1n) is 9.18. The van der Waals surface area contributed by atoms with Crippen LogP contribution >= 0.6 is 11.8 Å². The first-order chi connectivity index (χ1) is 14.3. The highest BCUT2D eigenvalue weighted by Crippen LogP contribution is 2.32. The van der Waals surface area contributed by atoms with Gasteiger partial charge in [0.2, 0.25) is 12.7 Å². The van der Waals surface area contributed by atoms with Gasteiger partial charge in [0.25, 0.3) is 0 Å². The highest BCUT2D eigenvalue weighted by molar-refractivity contribution is 8.15. The minimum atomic E-state index is 0.0416. The van der Waals surface area contributed by atoms with Crippen LogP contribution in [0.1, 0.15) is 11.1 Å². The van der Waals surface area contributed by atoms with E-state index >= 15 is 0 Å². The number of benzene rings is 3. The number of rotatable bonds is 4. The number of fused-ring (bicyclic) bond motifs is 2. The number of ether oxygens (including phenoxy) is 2. The minimum Gasteiger partial charge on any atom is -0.454 e. The molecule has 0 bridgehead atoms. The minimum absolute atomic E-state index is 0.0416. The Morgan fingerprint density at radius 3 is 2.86 bits per heavy atom. The topological polar surface area (TPSA) is 63.5 Å². The highest BCUT2D eigenvalue weighted by Gasteiger charge is 2.28. The van der Waals surface area contributed by atoms with Crippen molar-refractivity contribution in [2.75, 3.05) is 12.5 Å². The molecule has 0 unspecified atom stereocenters. The average molecular weight is 403 g/mol. The van der Waals surface area contributed by atoms with Gasteiger partial charge in [-0.05, 0) is 40.1 Å². The van der Waals surface area contributed by atoms with Crippen molar-refractivity contribution < 1.29 is 14.3 Å². The van der Waals surface area contributed by atoms with E-state index in [9.17, 15) is 4.79 Å². The lowest BCUT2D eigenvalue weighted by molar-refractivity contribution is -0.124. The Morgan fingerprint density at radius 2 is 1.90 bits per heavy atom. The molecule has 144 valence electrons. The van der Waals surface area contributed by atoms with Crippen LogP contribution in [0.3, 0.4) is 0 Å². The van der Waals surface area contributed by atoms with Crippen LogP contribution in [0, 0.1) is 0 Å². The molecule has 29 heavy (non-hydrogen) atoms. The van der Waals surface area contributed by atoms with E-state index in [1.165, 1.54) is 11.8 Å². The summed E-state index contributed by atoms with van der Waals surface area (Å²) in [6, 6.07) is 19.9. The second-order valence-electron chi connectivity index (χ2n) is 6.65. The standard InChI is InChI=1S/C22H17N3O3S/c26-21-13-29-22(24-23-11-15-8-9-19-20(10-15)28-14-27-19)25(21)12-17-6-3-5-16-4-1-2-7-18(16)17/h1-11H,12-14H2/b23-11+,24-22-. The van der Waals surface area contributed by atoms with Crippen LogP contribution in [0.25, 0.3) is 10.8 Å². The Balaban J connectivity index is 1.37. The van der Waals surface area contributed by atoms with Crippen molar-refractivity contribution in [2.45, 2.75) is 6.54 Å². The molecular weight excluding hydrogens is 386 g/mol. The Bertz CT molecular complexity index is 1150. The second kappa shape index (κ2) is 7.60. The van der Waals surface area contributed by atoms with E-state index in [0.717, 1.165) is 27.6 Å². The van der Waals surface area contributed by atoms with Gasteiger partial charge in [-0.3, -0.25) is 9.69 Å². The van der Waals surface area contributed by atoms with Crippen molar-refractivity contribution in [2.24, 2.45) is 10.2 Å². The van der Waals surface area contributed by atoms with Crippen LogP contribution in [0.4, 0.5) is 0 Å². The van der Waals surface area contributed by atoms with E-state index in [4.69, 9.17) is 9.47 Å². The SMILES string of the molecule is O=C1CS/C(=N\N=C\c2ccc3c(c2)OCO3)N1Cc1cccc2ccccc12. The molecule has 0 aromatic heterocycles. The molecule has 1 saturated heterocycles. The Morgan fingerprint density at radius 1 is 1.03 bits per heavy atom. The third-order valence-electron chi connectivity index (χ3n) is 4.81. The van der Waals surface area contributed by atoms with Gasteiger partial charge in [0.15, 0.2) is 16.7 Å². The van der Waals surface area contributed by atoms with E-state index in [1.807, 2.05) is 42.5 Å². The zero-order valence-corrected chi connectivity index (χ0v) is 16.3. The molecule has 3 aromatic carbocycles. The van der Waals surface area contributed by atoms with Crippen molar-refractivity contribution in [1.82, 2.24) is 4.90 Å². The summed E-state index contributed by atoms with van der Waals surface area (Å²) in [6.45, 7) is 0.714. The first-order valence-corrected chi connectivity index (χ1v) is 10.2. The summed E-state index contributed by atoms with van der Waals surface area (Å²) in [4.78, 5) is 14.1. The van der Waals surface area contributed by atoms with Crippen molar-refractivity contribution in [3.63, 3.8) is 0 Å². The van der Waals surface area contributed by atoms with E-state index in [0.29, 0.717) is 23.2 Å². The van der Waals surface area contributed by atoms with Crippen molar-refractivity contribution in [3.05, 3.63) is 71.8 Å². The quantitative estimate of drug-likeness (QED) is 0.487. The molecule has 0 saturated carbocycles. The fourth-order valence-electron chi connectivity index (χ4n) is 3.37. The first kappa shape index (κ1) is 17.8. The van der Waals surface area contributed by atoms with Crippen LogP contribution in [-0.4, -0.2) is 34.7 Å². The predicted molar refractivity (Wildman–Crippen MR) is 115 cm³/mol. The molecule has 3 aromatic rings. The summed E-state index contributed by atoms with van der Waals surface area (Å²) in [5.74, 6) is 1.85. The Kier molecular flexibility index (Phi) is 4.65. The van der Waals surface area contributed by atoms with Crippen molar-refractivity contribution >= 4 is 39.8 Å². The fraction of sp³-hybridized carbons (Fsp3) is 0.136. The Hall–Kier alpha value is -3.32. The molecule has 6 nitrogen and oxygen atoms in total. The molecule has 0 atom stereocenters. The third-order valence-corrected chi connectivity index (χ3v) is 5.76. The maximum absolute atomic E-state index is 12.4. The maximum atomic E-state index is 12.4. The van der Waals surface area contributed by atoms with E-state index < -0.39 is 0 Å². The zero-order valence-electron chi connectivity index (χ0n) is 15.4. The third kappa shape index (κ3) is 3.56. The van der Waals surface area contributed by atoms with E-state index in [1.54, 1.807) is 11.1 Å². The van der Waals surface area contributed by atoms with Crippen LogP contribution in [-0.2, 0) is 11.3 Å². The van der Waals surface area contributed by atoms with Gasteiger partial charge in [0, 0.05) is 0 Å². The van der Waals surface area contributed by atoms with Gasteiger partial charge in [0.1, 0.15) is 0 Å². The summed E-state index contributed by atoms with van der Waals surface area (Å²) in [7, 11) is 0. The monoisotopic (exact) mass is 403 g/mol. The fourth-order valence-corrected chi connectivity index (χ4v) is 4.20. The summed E-state index contributed by atoms with van der Waals surface area (Å²) >= 11 is 1.41. The molecule has 2 heterocycles. The van der Waals surface area contributed by atoms with Crippen LogP contribution < -0.4 is 9.47 Å². The number of amidine groups is 1. The summed E-state index contributed by atoms with van der Waals surface area (Å²) in [6.07, 6.45) is 1.65. The van der Waals surface area contributed by atoms with Crippen molar-refractivity contribution in [1.29, 1.82) is 0 Å². The van der Waals surface area contributed by atoms with Gasteiger partial charge in [0.05, 0.1) is 18.5 Å². The van der Waals surface area contributed by atoms with Crippen LogP contribution in [0.2, 0.25) is 0 Å². The van der Waals surface area contributed by atoms with E-state index in [-0.39, 0.29) is 12.7 Å². The molecule has 0 spiro atoms. The van der Waals surface area contributed by atoms with Crippen LogP contribution in [0.15, 0.2) is 70.9 Å². The largest absolute Gasteiger partial charge is 0.454 e. The molecule has 0 aliphatic carbocycles. The molecule has 2 aliphatic heterocycles. The number of carbonyl (C=O) groups is 1. The molecule has 1 amide bonds. The van der Waals surface area contributed by atoms with E-state index in [2.05, 4.69) is 28.4 Å². The molecule has 2 aliphatic rings. The highest BCUT2D eigenvalue weighted by atomic mass is 32.2. The number of carbonyl (C=O) groups excluding carboxylic acids is 1. The van der Waals surface area contributed by atoms with Crippen LogP contribution in [0.5, 0.6) is 11.5 Å². The molecule has 0 radical (unpaired) electrons. The predicted octanol–water partition coefficient (Wildman–Crippen LogP) is 4.03. The molecular formula is C22H17N3O3S. The van der Waals surface area contributed by atoms with Gasteiger partial charge < -0.3 is 9.47 Å². The summed E-state index contributed by atoms with van der Waals surface area (Å²) < 4.78 is 10.7. The Labute approximate surface area is 171 Å². The number of hydrogen-bond acceptors (Lipinski definition) is 6. The lowest BCUT2D eigenvalue weighted by Crippen LogP contribution is -2.28. The number of nitrogens with zero attached hydrogens (tertiary/aromatic N) is 3. The second-order valence-corrected chi connectivity index (χ2v) is 7.59. The number of amides is 1. The van der Waals surface area contributed by atoms with Gasteiger partial charge >= 0.3 is 0 Å². The maximum Gasteiger partial charge on any atom is 0.239 e. The van der Waals surface area contributed by atoms with Gasteiger partial charge in [-0.2, -0.15) is 5.10 Å². The smallest absolute Gasteiger partial charge is 0.239 e. The average Bonchev–Trinajstić information content (AvgIpc) is 3.35. The normalized spacial score (nSPS) is 17.2. The lowest BCUT2D eigenvalue weighted by atomic mass is 10.0. The molecule has 5 rings (SSSR count). The van der Waals surface area contributed by atoms with Gasteiger partial charge in [-0.1, -0.05) is 54.2 Å². The summed E-state index contributed by atoms with van der Waals surface area (Å²) in [5, 5.41) is 11.4. The summed E-state index contributed by atoms with van der Waals surface area (Å²) in [5.41, 5.74) is 1.94. The van der Waals surface area contributed by atoms with Gasteiger partial charge in [-0.15, -0.1) is 5.10 Å². The number of thioether (sulfide) groups is 1. The lowest BCUT2D eigenvalue weighted by Gasteiger charge is -2.16.